The molecule has 0 saturated heterocycles. The molecule has 2 aromatic heterocycles. The maximum Gasteiger partial charge on any atom is 0.252 e. The summed E-state index contributed by atoms with van der Waals surface area (Å²) in [5.41, 5.74) is -0.107. The molecular formula is C15H17BrN2O3. The normalized spacial score (nSPS) is 24.8. The van der Waals surface area contributed by atoms with E-state index in [1.807, 2.05) is 6.07 Å². The molecule has 0 spiro atoms. The van der Waals surface area contributed by atoms with Gasteiger partial charge in [0, 0.05) is 22.8 Å². The third kappa shape index (κ3) is 2.82. The Balaban J connectivity index is 2.00. The second kappa shape index (κ2) is 5.42. The maximum atomic E-state index is 12.1. The minimum atomic E-state index is -0.675. The van der Waals surface area contributed by atoms with Crippen molar-refractivity contribution in [3.8, 4) is 5.75 Å². The second-order valence-electron chi connectivity index (χ2n) is 5.72. The topological polar surface area (TPSA) is 64.4 Å². The predicted octanol–water partition coefficient (Wildman–Crippen LogP) is 2.26. The summed E-state index contributed by atoms with van der Waals surface area (Å²) in [6, 6.07) is 5.21. The summed E-state index contributed by atoms with van der Waals surface area (Å²) in [7, 11) is 0. The smallest absolute Gasteiger partial charge is 0.252 e. The van der Waals surface area contributed by atoms with E-state index in [1.165, 1.54) is 0 Å². The van der Waals surface area contributed by atoms with Gasteiger partial charge < -0.3 is 9.84 Å². The van der Waals surface area contributed by atoms with Gasteiger partial charge in [-0.25, -0.2) is 4.98 Å². The highest BCUT2D eigenvalue weighted by atomic mass is 79.9. The molecule has 112 valence electrons. The van der Waals surface area contributed by atoms with Crippen LogP contribution in [0.2, 0.25) is 0 Å². The monoisotopic (exact) mass is 352 g/mol. The van der Waals surface area contributed by atoms with Gasteiger partial charge in [-0.3, -0.25) is 9.36 Å². The molecule has 0 amide bonds. The third-order valence-corrected chi connectivity index (χ3v) is 4.13. The molecule has 0 aliphatic heterocycles. The molecule has 0 atom stereocenters. The third-order valence-electron chi connectivity index (χ3n) is 3.80. The van der Waals surface area contributed by atoms with Crippen LogP contribution in [0.5, 0.6) is 5.75 Å². The van der Waals surface area contributed by atoms with Gasteiger partial charge in [0.25, 0.3) is 5.56 Å². The van der Waals surface area contributed by atoms with Crippen molar-refractivity contribution in [1.29, 1.82) is 0 Å². The van der Waals surface area contributed by atoms with Crippen molar-refractivity contribution in [3.63, 3.8) is 0 Å². The van der Waals surface area contributed by atoms with Crippen LogP contribution in [0.25, 0.3) is 11.0 Å². The van der Waals surface area contributed by atoms with Gasteiger partial charge in [-0.2, -0.15) is 0 Å². The van der Waals surface area contributed by atoms with Crippen LogP contribution in [-0.2, 0) is 0 Å². The van der Waals surface area contributed by atoms with E-state index in [2.05, 4.69) is 20.9 Å². The van der Waals surface area contributed by atoms with Crippen molar-refractivity contribution in [3.05, 3.63) is 34.7 Å². The Morgan fingerprint density at radius 3 is 2.95 bits per heavy atom. The summed E-state index contributed by atoms with van der Waals surface area (Å²) in [6.07, 6.45) is 2.79. The van der Waals surface area contributed by atoms with E-state index in [0.717, 1.165) is 10.7 Å². The van der Waals surface area contributed by atoms with Gasteiger partial charge in [0.15, 0.2) is 0 Å². The molecule has 0 bridgehead atoms. The number of aromatic nitrogens is 2. The lowest BCUT2D eigenvalue weighted by molar-refractivity contribution is -0.0507. The second-order valence-corrected chi connectivity index (χ2v) is 6.51. The first-order valence-electron chi connectivity index (χ1n) is 6.93. The van der Waals surface area contributed by atoms with Gasteiger partial charge in [0.2, 0.25) is 0 Å². The zero-order chi connectivity index (χ0) is 15.0. The standard InChI is InChI=1S/C15H17BrN2O3/c1-15(20)7-11(8-15)18-13(19)3-2-10-6-12(21-5-4-16)9-17-14(10)18/h2-3,6,9,11,20H,4-5,7-8H2,1H3/t11-,15+. The van der Waals surface area contributed by atoms with E-state index in [-0.39, 0.29) is 11.6 Å². The van der Waals surface area contributed by atoms with Gasteiger partial charge >= 0.3 is 0 Å². The van der Waals surface area contributed by atoms with Crippen LogP contribution in [0.1, 0.15) is 25.8 Å². The Kier molecular flexibility index (Phi) is 3.75. The van der Waals surface area contributed by atoms with Crippen molar-refractivity contribution in [2.24, 2.45) is 0 Å². The number of ether oxygens (including phenoxy) is 1. The molecule has 1 N–H and O–H groups in total. The molecule has 1 saturated carbocycles. The number of fused-ring (bicyclic) bond motifs is 1. The van der Waals surface area contributed by atoms with Crippen LogP contribution < -0.4 is 10.3 Å². The molecular weight excluding hydrogens is 336 g/mol. The average molecular weight is 353 g/mol. The molecule has 6 heteroatoms. The number of nitrogens with zero attached hydrogens (tertiary/aromatic N) is 2. The van der Waals surface area contributed by atoms with Gasteiger partial charge in [0.05, 0.1) is 18.4 Å². The van der Waals surface area contributed by atoms with Crippen LogP contribution in [0, 0.1) is 0 Å². The van der Waals surface area contributed by atoms with Crippen molar-refractivity contribution >= 4 is 27.0 Å². The molecule has 2 heterocycles. The Morgan fingerprint density at radius 2 is 2.29 bits per heavy atom. The van der Waals surface area contributed by atoms with Gasteiger partial charge in [-0.05, 0) is 31.9 Å². The van der Waals surface area contributed by atoms with Gasteiger partial charge in [-0.1, -0.05) is 15.9 Å². The number of hydrogen-bond donors (Lipinski definition) is 1. The molecule has 0 unspecified atom stereocenters. The Hall–Kier alpha value is -1.40. The largest absolute Gasteiger partial charge is 0.491 e. The van der Waals surface area contributed by atoms with E-state index in [4.69, 9.17) is 4.74 Å². The van der Waals surface area contributed by atoms with E-state index in [9.17, 15) is 9.90 Å². The highest BCUT2D eigenvalue weighted by molar-refractivity contribution is 9.09. The molecule has 2 aromatic rings. The molecule has 0 radical (unpaired) electrons. The van der Waals surface area contributed by atoms with Crippen LogP contribution in [0.3, 0.4) is 0 Å². The number of aliphatic hydroxyl groups is 1. The van der Waals surface area contributed by atoms with Crippen molar-refractivity contribution < 1.29 is 9.84 Å². The SMILES string of the molecule is C[C@]1(O)C[C@@H](n2c(=O)ccc3cc(OCCBr)cnc32)C1. The summed E-state index contributed by atoms with van der Waals surface area (Å²) in [4.78, 5) is 16.5. The maximum absolute atomic E-state index is 12.1. The number of hydrogen-bond acceptors (Lipinski definition) is 4. The molecule has 1 aliphatic carbocycles. The molecule has 21 heavy (non-hydrogen) atoms. The minimum Gasteiger partial charge on any atom is -0.491 e. The quantitative estimate of drug-likeness (QED) is 0.857. The van der Waals surface area contributed by atoms with Crippen LogP contribution in [0.15, 0.2) is 29.2 Å². The van der Waals surface area contributed by atoms with Crippen LogP contribution in [0.4, 0.5) is 0 Å². The fourth-order valence-corrected chi connectivity index (χ4v) is 3.01. The Morgan fingerprint density at radius 1 is 1.52 bits per heavy atom. The lowest BCUT2D eigenvalue weighted by Crippen LogP contribution is -2.45. The van der Waals surface area contributed by atoms with Crippen molar-refractivity contribution in [2.45, 2.75) is 31.4 Å². The highest BCUT2D eigenvalue weighted by Crippen LogP contribution is 2.41. The number of rotatable bonds is 4. The first-order chi connectivity index (χ1) is 10.00. The molecule has 1 aliphatic rings. The van der Waals surface area contributed by atoms with Gasteiger partial charge in [0.1, 0.15) is 11.4 Å². The highest BCUT2D eigenvalue weighted by Gasteiger charge is 2.40. The average Bonchev–Trinajstić information content (AvgIpc) is 2.42. The Bertz CT molecular complexity index is 718. The van der Waals surface area contributed by atoms with Crippen LogP contribution in [-0.4, -0.2) is 32.2 Å². The number of alkyl halides is 1. The van der Waals surface area contributed by atoms with Crippen molar-refractivity contribution in [2.75, 3.05) is 11.9 Å². The zero-order valence-corrected chi connectivity index (χ0v) is 13.3. The summed E-state index contributed by atoms with van der Waals surface area (Å²) >= 11 is 3.31. The molecule has 0 aromatic carbocycles. The van der Waals surface area contributed by atoms with E-state index in [0.29, 0.717) is 30.8 Å². The minimum absolute atomic E-state index is 0.0120. The lowest BCUT2D eigenvalue weighted by atomic mass is 9.77. The molecule has 5 nitrogen and oxygen atoms in total. The zero-order valence-electron chi connectivity index (χ0n) is 11.8. The summed E-state index contributed by atoms with van der Waals surface area (Å²) in [6.45, 7) is 2.36. The number of pyridine rings is 2. The van der Waals surface area contributed by atoms with Gasteiger partial charge in [-0.15, -0.1) is 0 Å². The fourth-order valence-electron chi connectivity index (χ4n) is 2.85. The number of halogens is 1. The van der Waals surface area contributed by atoms with E-state index in [1.54, 1.807) is 29.8 Å². The molecule has 3 rings (SSSR count). The Labute approximate surface area is 130 Å². The fraction of sp³-hybridized carbons (Fsp3) is 0.467. The predicted molar refractivity (Wildman–Crippen MR) is 84.2 cm³/mol. The first kappa shape index (κ1) is 14.5. The van der Waals surface area contributed by atoms with Crippen molar-refractivity contribution in [1.82, 2.24) is 9.55 Å². The molecule has 1 fully saturated rings. The summed E-state index contributed by atoms with van der Waals surface area (Å²) in [5.74, 6) is 0.688. The van der Waals surface area contributed by atoms with E-state index < -0.39 is 5.60 Å². The first-order valence-corrected chi connectivity index (χ1v) is 8.05. The summed E-state index contributed by atoms with van der Waals surface area (Å²) < 4.78 is 7.21. The lowest BCUT2D eigenvalue weighted by Gasteiger charge is -2.41. The van der Waals surface area contributed by atoms with Crippen LogP contribution >= 0.6 is 15.9 Å². The van der Waals surface area contributed by atoms with E-state index >= 15 is 0 Å². The summed E-state index contributed by atoms with van der Waals surface area (Å²) in [5, 5.41) is 11.5.